The minimum absolute atomic E-state index is 0.123. The fourth-order valence-electron chi connectivity index (χ4n) is 6.50. The topological polar surface area (TPSA) is 51.1 Å². The smallest absolute Gasteiger partial charge is 0.256 e. The number of pyridine rings is 1. The lowest BCUT2D eigenvalue weighted by molar-refractivity contribution is -0.0119. The zero-order chi connectivity index (χ0) is 20.8. The minimum Gasteiger partial charge on any atom is -0.350 e. The van der Waals surface area contributed by atoms with Crippen LogP contribution in [0.4, 0.5) is 0 Å². The number of aryl methyl sites for hydroxylation is 1. The van der Waals surface area contributed by atoms with E-state index in [9.17, 15) is 9.59 Å². The van der Waals surface area contributed by atoms with Crippen LogP contribution in [0.2, 0.25) is 0 Å². The summed E-state index contributed by atoms with van der Waals surface area (Å²) in [5, 5.41) is 3.32. The van der Waals surface area contributed by atoms with Crippen LogP contribution in [0.25, 0.3) is 0 Å². The first-order valence-electron chi connectivity index (χ1n) is 11.8. The molecule has 4 aliphatic carbocycles. The van der Waals surface area contributed by atoms with Gasteiger partial charge in [0.25, 0.3) is 5.91 Å². The van der Waals surface area contributed by atoms with Crippen molar-refractivity contribution in [3.63, 3.8) is 0 Å². The number of unbranched alkanes of at least 4 members (excludes halogenated alkanes) is 2. The molecule has 1 aromatic heterocycles. The van der Waals surface area contributed by atoms with E-state index in [1.807, 2.05) is 6.20 Å². The molecule has 4 aliphatic rings. The Morgan fingerprint density at radius 3 is 2.24 bits per heavy atom. The summed E-state index contributed by atoms with van der Waals surface area (Å²) in [4.78, 5) is 26.1. The van der Waals surface area contributed by atoms with Crippen molar-refractivity contribution < 1.29 is 4.79 Å². The Labute approximate surface area is 175 Å². The lowest BCUT2D eigenvalue weighted by Crippen LogP contribution is -2.56. The van der Waals surface area contributed by atoms with E-state index in [1.54, 1.807) is 6.07 Å². The quantitative estimate of drug-likeness (QED) is 0.694. The van der Waals surface area contributed by atoms with Gasteiger partial charge in [0.2, 0.25) is 0 Å². The number of rotatable bonds is 6. The van der Waals surface area contributed by atoms with Gasteiger partial charge in [0.05, 0.1) is 0 Å². The van der Waals surface area contributed by atoms with Crippen molar-refractivity contribution in [1.29, 1.82) is 0 Å². The van der Waals surface area contributed by atoms with Crippen molar-refractivity contribution in [1.82, 2.24) is 9.88 Å². The van der Waals surface area contributed by atoms with Crippen LogP contribution in [0, 0.1) is 23.7 Å². The van der Waals surface area contributed by atoms with E-state index in [1.165, 1.54) is 32.1 Å². The van der Waals surface area contributed by atoms with E-state index in [0.29, 0.717) is 17.4 Å². The van der Waals surface area contributed by atoms with Gasteiger partial charge in [-0.05, 0) is 62.2 Å². The van der Waals surface area contributed by atoms with E-state index in [2.05, 4.69) is 37.6 Å². The van der Waals surface area contributed by atoms with E-state index >= 15 is 0 Å². The highest BCUT2D eigenvalue weighted by atomic mass is 16.2. The van der Waals surface area contributed by atoms with Gasteiger partial charge in [0.1, 0.15) is 5.56 Å². The van der Waals surface area contributed by atoms with E-state index in [4.69, 9.17) is 0 Å². The second kappa shape index (κ2) is 7.92. The van der Waals surface area contributed by atoms with Crippen molar-refractivity contribution in [2.45, 2.75) is 97.1 Å². The lowest BCUT2D eigenvalue weighted by atomic mass is 9.54. The first-order chi connectivity index (χ1) is 13.8. The monoisotopic (exact) mass is 398 g/mol. The lowest BCUT2D eigenvalue weighted by Gasteiger charge is -2.54. The van der Waals surface area contributed by atoms with Crippen LogP contribution in [0.1, 0.15) is 95.1 Å². The van der Waals surface area contributed by atoms with Crippen molar-refractivity contribution in [2.24, 2.45) is 23.7 Å². The molecule has 0 spiro atoms. The predicted octanol–water partition coefficient (Wildman–Crippen LogP) is 4.89. The highest BCUT2D eigenvalue weighted by Gasteiger charge is 2.48. The van der Waals surface area contributed by atoms with Gasteiger partial charge in [0.15, 0.2) is 5.43 Å². The third kappa shape index (κ3) is 4.18. The molecule has 0 atom stereocenters. The number of nitrogens with one attached hydrogen (secondary N) is 1. The number of nitrogens with zero attached hydrogens (tertiary/aromatic N) is 1. The molecule has 0 aliphatic heterocycles. The van der Waals surface area contributed by atoms with E-state index in [-0.39, 0.29) is 22.8 Å². The fraction of sp³-hybridized carbons (Fsp3) is 0.760. The third-order valence-electron chi connectivity index (χ3n) is 7.67. The maximum atomic E-state index is 13.2. The molecule has 1 amide bonds. The molecule has 1 N–H and O–H groups in total. The Balaban J connectivity index is 1.56. The van der Waals surface area contributed by atoms with Crippen LogP contribution in [0.3, 0.4) is 0 Å². The molecule has 160 valence electrons. The van der Waals surface area contributed by atoms with Gasteiger partial charge in [-0.3, -0.25) is 9.59 Å². The van der Waals surface area contributed by atoms with Gasteiger partial charge in [-0.15, -0.1) is 0 Å². The first kappa shape index (κ1) is 20.7. The zero-order valence-corrected chi connectivity index (χ0v) is 18.7. The molecule has 5 rings (SSSR count). The summed E-state index contributed by atoms with van der Waals surface area (Å²) >= 11 is 0. The van der Waals surface area contributed by atoms with Gasteiger partial charge in [-0.1, -0.05) is 40.5 Å². The summed E-state index contributed by atoms with van der Waals surface area (Å²) in [6.45, 7) is 9.45. The second-order valence-electron chi connectivity index (χ2n) is 11.0. The molecule has 4 bridgehead atoms. The zero-order valence-electron chi connectivity index (χ0n) is 18.7. The Morgan fingerprint density at radius 1 is 1.07 bits per heavy atom. The van der Waals surface area contributed by atoms with Gasteiger partial charge < -0.3 is 9.88 Å². The normalized spacial score (nSPS) is 30.6. The molecule has 29 heavy (non-hydrogen) atoms. The molecule has 4 saturated carbocycles. The largest absolute Gasteiger partial charge is 0.350 e. The molecule has 4 fully saturated rings. The third-order valence-corrected chi connectivity index (χ3v) is 7.67. The second-order valence-corrected chi connectivity index (χ2v) is 11.0. The van der Waals surface area contributed by atoms with Crippen LogP contribution >= 0.6 is 0 Å². The number of aromatic nitrogens is 1. The van der Waals surface area contributed by atoms with Crippen molar-refractivity contribution >= 4 is 5.91 Å². The number of hydrogen-bond donors (Lipinski definition) is 1. The highest BCUT2D eigenvalue weighted by Crippen LogP contribution is 2.53. The molecule has 4 nitrogen and oxygen atoms in total. The molecule has 0 radical (unpaired) electrons. The summed E-state index contributed by atoms with van der Waals surface area (Å²) in [5.74, 6) is 2.85. The summed E-state index contributed by atoms with van der Waals surface area (Å²) < 4.78 is 2.16. The summed E-state index contributed by atoms with van der Waals surface area (Å²) in [6.07, 6.45) is 11.7. The molecule has 0 unspecified atom stereocenters. The molecule has 4 heteroatoms. The number of carbonyl (C=O) groups is 1. The van der Waals surface area contributed by atoms with Crippen LogP contribution in [0.15, 0.2) is 17.1 Å². The van der Waals surface area contributed by atoms with Crippen molar-refractivity contribution in [3.05, 3.63) is 33.7 Å². The minimum atomic E-state index is -0.155. The van der Waals surface area contributed by atoms with Crippen molar-refractivity contribution in [3.8, 4) is 0 Å². The predicted molar refractivity (Wildman–Crippen MR) is 117 cm³/mol. The summed E-state index contributed by atoms with van der Waals surface area (Å²) in [5.41, 5.74) is 1.08. The molecular formula is C25H38N2O2. The van der Waals surface area contributed by atoms with E-state index in [0.717, 1.165) is 43.3 Å². The van der Waals surface area contributed by atoms with Gasteiger partial charge in [-0.2, -0.15) is 0 Å². The molecule has 1 heterocycles. The maximum absolute atomic E-state index is 13.2. The van der Waals surface area contributed by atoms with Gasteiger partial charge in [-0.25, -0.2) is 0 Å². The first-order valence-corrected chi connectivity index (χ1v) is 11.8. The molecule has 1 aromatic rings. The molecular weight excluding hydrogens is 360 g/mol. The average molecular weight is 399 g/mol. The molecule has 0 saturated heterocycles. The summed E-state index contributed by atoms with van der Waals surface area (Å²) in [6, 6.07) is 1.98. The highest BCUT2D eigenvalue weighted by molar-refractivity contribution is 5.94. The van der Waals surface area contributed by atoms with Gasteiger partial charge >= 0.3 is 0 Å². The number of hydrogen-bond acceptors (Lipinski definition) is 2. The Kier molecular flexibility index (Phi) is 5.65. The maximum Gasteiger partial charge on any atom is 0.256 e. The number of amides is 1. The van der Waals surface area contributed by atoms with Crippen LogP contribution < -0.4 is 10.7 Å². The Hall–Kier alpha value is -1.58. The fourth-order valence-corrected chi connectivity index (χ4v) is 6.50. The van der Waals surface area contributed by atoms with Crippen LogP contribution in [-0.2, 0) is 12.0 Å². The Bertz CT molecular complexity index is 789. The van der Waals surface area contributed by atoms with E-state index < -0.39 is 0 Å². The van der Waals surface area contributed by atoms with Crippen LogP contribution in [0.5, 0.6) is 0 Å². The van der Waals surface area contributed by atoms with Crippen molar-refractivity contribution in [2.75, 3.05) is 0 Å². The summed E-state index contributed by atoms with van der Waals surface area (Å²) in [7, 11) is 0. The number of carbonyl (C=O) groups excluding carboxylic acids is 1. The molecule has 0 aromatic carbocycles. The van der Waals surface area contributed by atoms with Crippen LogP contribution in [-0.4, -0.2) is 16.5 Å². The SMILES string of the molecule is CCCCCn1cc(C(=O)NC2C3CC4CC(C3)CC2C4)c(=O)cc1C(C)(C)C. The Morgan fingerprint density at radius 2 is 1.69 bits per heavy atom. The standard InChI is InChI=1S/C25H38N2O2/c1-5-6-7-8-27-15-20(21(28)14-22(27)25(2,3)4)24(29)26-23-18-10-16-9-17(12-18)13-19(23)11-16/h14-19,23H,5-13H2,1-4H3,(H,26,29). The average Bonchev–Trinajstić information content (AvgIpc) is 2.64. The van der Waals surface area contributed by atoms with Gasteiger partial charge in [0, 0.05) is 36.0 Å².